The van der Waals surface area contributed by atoms with Gasteiger partial charge in [0.25, 0.3) is 0 Å². The van der Waals surface area contributed by atoms with Crippen LogP contribution in [0.3, 0.4) is 0 Å². The van der Waals surface area contributed by atoms with Crippen molar-refractivity contribution in [3.05, 3.63) is 59.1 Å². The Kier molecular flexibility index (Phi) is 5.45. The summed E-state index contributed by atoms with van der Waals surface area (Å²) < 4.78 is 32.4. The third-order valence-corrected chi connectivity index (χ3v) is 5.01. The van der Waals surface area contributed by atoms with Crippen LogP contribution in [0.15, 0.2) is 53.4 Å². The molecule has 0 saturated heterocycles. The molecular formula is C16H18ClNO3S. The van der Waals surface area contributed by atoms with E-state index in [0.717, 1.165) is 11.3 Å². The highest BCUT2D eigenvalue weighted by Crippen LogP contribution is 2.16. The van der Waals surface area contributed by atoms with Crippen molar-refractivity contribution in [2.45, 2.75) is 24.3 Å². The Hall–Kier alpha value is -1.56. The lowest BCUT2D eigenvalue weighted by molar-refractivity contribution is 0.414. The molecule has 0 spiro atoms. The van der Waals surface area contributed by atoms with E-state index in [9.17, 15) is 8.42 Å². The number of ether oxygens (including phenoxy) is 1. The van der Waals surface area contributed by atoms with Crippen LogP contribution < -0.4 is 9.46 Å². The molecule has 0 amide bonds. The zero-order chi connectivity index (χ0) is 16.2. The van der Waals surface area contributed by atoms with Crippen LogP contribution in [0.1, 0.15) is 12.5 Å². The van der Waals surface area contributed by atoms with Gasteiger partial charge in [-0.05, 0) is 55.3 Å². The average molecular weight is 340 g/mol. The van der Waals surface area contributed by atoms with Crippen molar-refractivity contribution in [3.8, 4) is 5.75 Å². The van der Waals surface area contributed by atoms with Gasteiger partial charge in [-0.3, -0.25) is 0 Å². The fourth-order valence-electron chi connectivity index (χ4n) is 2.14. The van der Waals surface area contributed by atoms with Crippen LogP contribution in [-0.2, 0) is 16.4 Å². The molecule has 0 aliphatic carbocycles. The van der Waals surface area contributed by atoms with Crippen LogP contribution in [0.5, 0.6) is 5.75 Å². The van der Waals surface area contributed by atoms with Crippen LogP contribution >= 0.6 is 11.6 Å². The Morgan fingerprint density at radius 3 is 2.50 bits per heavy atom. The number of halogens is 1. The summed E-state index contributed by atoms with van der Waals surface area (Å²) in [4.78, 5) is 0.203. The standard InChI is InChI=1S/C16H18ClNO3S/c1-12(10-13-4-3-5-15(11-13)21-2)18-22(19,20)16-8-6-14(17)7-9-16/h3-9,11-12,18H,10H2,1-2H3. The van der Waals surface area contributed by atoms with Gasteiger partial charge in [-0.1, -0.05) is 23.7 Å². The molecule has 2 aromatic carbocycles. The summed E-state index contributed by atoms with van der Waals surface area (Å²) in [5.41, 5.74) is 1.01. The predicted molar refractivity (Wildman–Crippen MR) is 87.9 cm³/mol. The van der Waals surface area contributed by atoms with Crippen molar-refractivity contribution >= 4 is 21.6 Å². The number of hydrogen-bond donors (Lipinski definition) is 1. The summed E-state index contributed by atoms with van der Waals surface area (Å²) in [6, 6.07) is 13.4. The maximum Gasteiger partial charge on any atom is 0.240 e. The first-order valence-electron chi connectivity index (χ1n) is 6.81. The molecule has 1 N–H and O–H groups in total. The zero-order valence-corrected chi connectivity index (χ0v) is 14.0. The van der Waals surface area contributed by atoms with E-state index in [1.165, 1.54) is 12.1 Å². The number of nitrogens with one attached hydrogen (secondary N) is 1. The van der Waals surface area contributed by atoms with Crippen molar-refractivity contribution in [1.29, 1.82) is 0 Å². The van der Waals surface area contributed by atoms with Gasteiger partial charge in [0.2, 0.25) is 10.0 Å². The molecule has 2 rings (SSSR count). The molecule has 0 fully saturated rings. The molecular weight excluding hydrogens is 322 g/mol. The second kappa shape index (κ2) is 7.13. The molecule has 0 aliphatic heterocycles. The highest BCUT2D eigenvalue weighted by molar-refractivity contribution is 7.89. The summed E-state index contributed by atoms with van der Waals surface area (Å²) in [6.45, 7) is 1.83. The molecule has 0 aromatic heterocycles. The molecule has 2 aromatic rings. The van der Waals surface area contributed by atoms with Gasteiger partial charge in [-0.25, -0.2) is 13.1 Å². The maximum atomic E-state index is 12.3. The van der Waals surface area contributed by atoms with Gasteiger partial charge in [-0.15, -0.1) is 0 Å². The average Bonchev–Trinajstić information content (AvgIpc) is 2.47. The van der Waals surface area contributed by atoms with E-state index in [4.69, 9.17) is 16.3 Å². The largest absolute Gasteiger partial charge is 0.497 e. The third kappa shape index (κ3) is 4.47. The number of sulfonamides is 1. The van der Waals surface area contributed by atoms with Gasteiger partial charge in [0.15, 0.2) is 0 Å². The molecule has 6 heteroatoms. The minimum atomic E-state index is -3.55. The van der Waals surface area contributed by atoms with E-state index in [1.807, 2.05) is 31.2 Å². The topological polar surface area (TPSA) is 55.4 Å². The van der Waals surface area contributed by atoms with Crippen molar-refractivity contribution < 1.29 is 13.2 Å². The molecule has 118 valence electrons. The highest BCUT2D eigenvalue weighted by Gasteiger charge is 2.17. The molecule has 1 atom stereocenters. The quantitative estimate of drug-likeness (QED) is 0.878. The molecule has 0 radical (unpaired) electrons. The van der Waals surface area contributed by atoms with Crippen LogP contribution in [-0.4, -0.2) is 21.6 Å². The SMILES string of the molecule is COc1cccc(CC(C)NS(=O)(=O)c2ccc(Cl)cc2)c1. The summed E-state index contributed by atoms with van der Waals surface area (Å²) in [5, 5.41) is 0.503. The Morgan fingerprint density at radius 2 is 1.86 bits per heavy atom. The van der Waals surface area contributed by atoms with E-state index in [-0.39, 0.29) is 10.9 Å². The molecule has 1 unspecified atom stereocenters. The van der Waals surface area contributed by atoms with Crippen LogP contribution in [0.4, 0.5) is 0 Å². The highest BCUT2D eigenvalue weighted by atomic mass is 35.5. The van der Waals surface area contributed by atoms with E-state index in [0.29, 0.717) is 11.4 Å². The van der Waals surface area contributed by atoms with Crippen LogP contribution in [0.2, 0.25) is 5.02 Å². The number of rotatable bonds is 6. The Morgan fingerprint density at radius 1 is 1.18 bits per heavy atom. The molecule has 0 saturated carbocycles. The fourth-order valence-corrected chi connectivity index (χ4v) is 3.51. The summed E-state index contributed by atoms with van der Waals surface area (Å²) >= 11 is 5.78. The molecule has 0 heterocycles. The van der Waals surface area contributed by atoms with E-state index in [2.05, 4.69) is 4.72 Å². The second-order valence-corrected chi connectivity index (χ2v) is 7.18. The minimum absolute atomic E-state index is 0.203. The normalized spacial score (nSPS) is 12.9. The number of hydrogen-bond acceptors (Lipinski definition) is 3. The third-order valence-electron chi connectivity index (χ3n) is 3.16. The first-order chi connectivity index (χ1) is 10.4. The van der Waals surface area contributed by atoms with Crippen molar-refractivity contribution in [2.75, 3.05) is 7.11 Å². The second-order valence-electron chi connectivity index (χ2n) is 5.03. The molecule has 0 aliphatic rings. The summed E-state index contributed by atoms with van der Waals surface area (Å²) in [7, 11) is -1.95. The van der Waals surface area contributed by atoms with Gasteiger partial charge >= 0.3 is 0 Å². The Bertz CT molecular complexity index is 729. The van der Waals surface area contributed by atoms with Crippen molar-refractivity contribution in [3.63, 3.8) is 0 Å². The van der Waals surface area contributed by atoms with E-state index < -0.39 is 10.0 Å². The Balaban J connectivity index is 2.07. The summed E-state index contributed by atoms with van der Waals surface area (Å²) in [6.07, 6.45) is 0.573. The monoisotopic (exact) mass is 339 g/mol. The summed E-state index contributed by atoms with van der Waals surface area (Å²) in [5.74, 6) is 0.755. The predicted octanol–water partition coefficient (Wildman–Crippen LogP) is 3.26. The van der Waals surface area contributed by atoms with Gasteiger partial charge in [0.05, 0.1) is 12.0 Å². The minimum Gasteiger partial charge on any atom is -0.497 e. The first-order valence-corrected chi connectivity index (χ1v) is 8.67. The zero-order valence-electron chi connectivity index (χ0n) is 12.4. The lowest BCUT2D eigenvalue weighted by Crippen LogP contribution is -2.34. The molecule has 22 heavy (non-hydrogen) atoms. The maximum absolute atomic E-state index is 12.3. The molecule has 4 nitrogen and oxygen atoms in total. The Labute approximate surface area is 136 Å². The van der Waals surface area contributed by atoms with E-state index in [1.54, 1.807) is 19.2 Å². The number of benzene rings is 2. The lowest BCUT2D eigenvalue weighted by atomic mass is 10.1. The van der Waals surface area contributed by atoms with Gasteiger partial charge < -0.3 is 4.74 Å². The van der Waals surface area contributed by atoms with Crippen molar-refractivity contribution in [1.82, 2.24) is 4.72 Å². The first kappa shape index (κ1) is 16.8. The van der Waals surface area contributed by atoms with Gasteiger partial charge in [0.1, 0.15) is 5.75 Å². The van der Waals surface area contributed by atoms with E-state index >= 15 is 0 Å². The smallest absolute Gasteiger partial charge is 0.240 e. The lowest BCUT2D eigenvalue weighted by Gasteiger charge is -2.15. The molecule has 0 bridgehead atoms. The van der Waals surface area contributed by atoms with Gasteiger partial charge in [-0.2, -0.15) is 0 Å². The number of methoxy groups -OCH3 is 1. The van der Waals surface area contributed by atoms with Gasteiger partial charge in [0, 0.05) is 11.1 Å². The fraction of sp³-hybridized carbons (Fsp3) is 0.250. The van der Waals surface area contributed by atoms with Crippen LogP contribution in [0, 0.1) is 0 Å². The van der Waals surface area contributed by atoms with Crippen molar-refractivity contribution in [2.24, 2.45) is 0 Å². The van der Waals surface area contributed by atoms with Crippen LogP contribution in [0.25, 0.3) is 0 Å².